The number of hydrogen-bond donors (Lipinski definition) is 0. The normalized spacial score (nSPS) is 25.4. The summed E-state index contributed by atoms with van der Waals surface area (Å²) >= 11 is 0. The Bertz CT molecular complexity index is 993. The molecule has 3 heterocycles. The number of nitrogens with zero attached hydrogens (tertiary/aromatic N) is 2. The highest BCUT2D eigenvalue weighted by atomic mass is 19.1. The summed E-state index contributed by atoms with van der Waals surface area (Å²) in [4.78, 5) is 15.4. The predicted octanol–water partition coefficient (Wildman–Crippen LogP) is 2.90. The van der Waals surface area contributed by atoms with Crippen molar-refractivity contribution in [2.24, 2.45) is 0 Å². The zero-order valence-electron chi connectivity index (χ0n) is 14.6. The van der Waals surface area contributed by atoms with Crippen LogP contribution in [0.25, 0.3) is 0 Å². The SMILES string of the molecule is N#Cc1cc2c(cc1F)OCC21C(=O)N(C[C@H]2CCCO2)c2ccccc21. The summed E-state index contributed by atoms with van der Waals surface area (Å²) in [6.07, 6.45) is 1.94. The Kier molecular flexibility index (Phi) is 3.49. The Balaban J connectivity index is 1.66. The lowest BCUT2D eigenvalue weighted by Gasteiger charge is -2.24. The van der Waals surface area contributed by atoms with Gasteiger partial charge in [-0.1, -0.05) is 18.2 Å². The average Bonchev–Trinajstić information content (AvgIpc) is 3.37. The van der Waals surface area contributed by atoms with E-state index in [4.69, 9.17) is 9.47 Å². The van der Waals surface area contributed by atoms with Crippen molar-refractivity contribution in [1.82, 2.24) is 0 Å². The number of halogens is 1. The maximum Gasteiger partial charge on any atom is 0.245 e. The smallest absolute Gasteiger partial charge is 0.245 e. The molecule has 6 heteroatoms. The number of rotatable bonds is 2. The molecule has 3 aliphatic heterocycles. The zero-order valence-corrected chi connectivity index (χ0v) is 14.6. The van der Waals surface area contributed by atoms with Gasteiger partial charge in [0.05, 0.1) is 18.2 Å². The van der Waals surface area contributed by atoms with Crippen LogP contribution < -0.4 is 9.64 Å². The molecule has 2 atom stereocenters. The van der Waals surface area contributed by atoms with Gasteiger partial charge in [0.15, 0.2) is 0 Å². The first-order valence-corrected chi connectivity index (χ1v) is 9.05. The molecule has 0 aromatic heterocycles. The van der Waals surface area contributed by atoms with Crippen LogP contribution >= 0.6 is 0 Å². The number of ether oxygens (including phenoxy) is 2. The van der Waals surface area contributed by atoms with Crippen LogP contribution in [0.1, 0.15) is 29.5 Å². The molecule has 0 bridgehead atoms. The van der Waals surface area contributed by atoms with Crippen LogP contribution in [-0.4, -0.2) is 31.8 Å². The first-order chi connectivity index (χ1) is 13.1. The van der Waals surface area contributed by atoms with E-state index in [9.17, 15) is 14.4 Å². The molecule has 3 aliphatic rings. The number of benzene rings is 2. The van der Waals surface area contributed by atoms with E-state index in [0.717, 1.165) is 30.7 Å². The first-order valence-electron chi connectivity index (χ1n) is 9.05. The summed E-state index contributed by atoms with van der Waals surface area (Å²) < 4.78 is 25.5. The van der Waals surface area contributed by atoms with E-state index in [-0.39, 0.29) is 24.2 Å². The highest BCUT2D eigenvalue weighted by Crippen LogP contribution is 2.52. The molecule has 1 amide bonds. The Labute approximate surface area is 155 Å². The quantitative estimate of drug-likeness (QED) is 0.822. The van der Waals surface area contributed by atoms with Crippen LogP contribution in [0.3, 0.4) is 0 Å². The van der Waals surface area contributed by atoms with Gasteiger partial charge in [-0.05, 0) is 30.5 Å². The molecule has 0 N–H and O–H groups in total. The monoisotopic (exact) mass is 364 g/mol. The van der Waals surface area contributed by atoms with E-state index >= 15 is 0 Å². The van der Waals surface area contributed by atoms with Gasteiger partial charge in [-0.25, -0.2) is 4.39 Å². The number of hydrogen-bond acceptors (Lipinski definition) is 4. The molecule has 0 radical (unpaired) electrons. The average molecular weight is 364 g/mol. The topological polar surface area (TPSA) is 62.6 Å². The van der Waals surface area contributed by atoms with Crippen molar-refractivity contribution in [2.45, 2.75) is 24.4 Å². The van der Waals surface area contributed by atoms with Gasteiger partial charge in [-0.15, -0.1) is 0 Å². The van der Waals surface area contributed by atoms with Gasteiger partial charge >= 0.3 is 0 Å². The Morgan fingerprint density at radius 3 is 2.93 bits per heavy atom. The second kappa shape index (κ2) is 5.80. The van der Waals surface area contributed by atoms with Gasteiger partial charge in [0.25, 0.3) is 0 Å². The summed E-state index contributed by atoms with van der Waals surface area (Å²) in [5.74, 6) is -0.412. The number of para-hydroxylation sites is 1. The Hall–Kier alpha value is -2.91. The summed E-state index contributed by atoms with van der Waals surface area (Å²) in [5, 5.41) is 9.24. The van der Waals surface area contributed by atoms with E-state index in [0.29, 0.717) is 17.9 Å². The van der Waals surface area contributed by atoms with Crippen LogP contribution in [0.2, 0.25) is 0 Å². The maximum atomic E-state index is 14.0. The minimum absolute atomic E-state index is 0.0156. The van der Waals surface area contributed by atoms with Crippen molar-refractivity contribution < 1.29 is 18.7 Å². The summed E-state index contributed by atoms with van der Waals surface area (Å²) in [6.45, 7) is 1.31. The maximum absolute atomic E-state index is 14.0. The fraction of sp³-hybridized carbons (Fsp3) is 0.333. The molecule has 5 nitrogen and oxygen atoms in total. The summed E-state index contributed by atoms with van der Waals surface area (Å²) in [6, 6.07) is 12.2. The number of nitriles is 1. The second-order valence-corrected chi connectivity index (χ2v) is 7.20. The number of carbonyl (C=O) groups is 1. The van der Waals surface area contributed by atoms with E-state index in [1.807, 2.05) is 30.3 Å². The molecule has 136 valence electrons. The molecule has 0 aliphatic carbocycles. The van der Waals surface area contributed by atoms with Crippen molar-refractivity contribution in [3.05, 3.63) is 58.9 Å². The van der Waals surface area contributed by atoms with Crippen LogP contribution in [0.4, 0.5) is 10.1 Å². The van der Waals surface area contributed by atoms with Gasteiger partial charge in [-0.2, -0.15) is 5.26 Å². The van der Waals surface area contributed by atoms with E-state index in [1.54, 1.807) is 4.90 Å². The fourth-order valence-corrected chi connectivity index (χ4v) is 4.46. The molecule has 1 fully saturated rings. The molecule has 2 aromatic carbocycles. The van der Waals surface area contributed by atoms with Crippen molar-refractivity contribution in [1.29, 1.82) is 5.26 Å². The molecule has 1 unspecified atom stereocenters. The van der Waals surface area contributed by atoms with E-state index < -0.39 is 11.2 Å². The number of carbonyl (C=O) groups excluding carboxylic acids is 1. The van der Waals surface area contributed by atoms with Crippen molar-refractivity contribution in [3.8, 4) is 11.8 Å². The molecular formula is C21H17FN2O3. The van der Waals surface area contributed by atoms with E-state index in [1.165, 1.54) is 12.1 Å². The lowest BCUT2D eigenvalue weighted by Crippen LogP contribution is -2.45. The van der Waals surface area contributed by atoms with Gasteiger partial charge in [-0.3, -0.25) is 4.79 Å². The highest BCUT2D eigenvalue weighted by molar-refractivity contribution is 6.11. The van der Waals surface area contributed by atoms with E-state index in [2.05, 4.69) is 0 Å². The van der Waals surface area contributed by atoms with Crippen molar-refractivity contribution >= 4 is 11.6 Å². The van der Waals surface area contributed by atoms with Gasteiger partial charge in [0, 0.05) is 23.9 Å². The summed E-state index contributed by atoms with van der Waals surface area (Å²) in [5.41, 5.74) is 1.11. The largest absolute Gasteiger partial charge is 0.491 e. The van der Waals surface area contributed by atoms with Crippen molar-refractivity contribution in [2.75, 3.05) is 24.7 Å². The minimum Gasteiger partial charge on any atom is -0.491 e. The predicted molar refractivity (Wildman–Crippen MR) is 95.2 cm³/mol. The molecule has 5 rings (SSSR count). The van der Waals surface area contributed by atoms with Gasteiger partial charge in [0.1, 0.15) is 29.7 Å². The first kappa shape index (κ1) is 16.3. The molecule has 2 aromatic rings. The number of fused-ring (bicyclic) bond motifs is 4. The molecular weight excluding hydrogens is 347 g/mol. The van der Waals surface area contributed by atoms with Crippen LogP contribution in [0.5, 0.6) is 5.75 Å². The molecule has 1 spiro atoms. The van der Waals surface area contributed by atoms with Crippen LogP contribution in [0, 0.1) is 17.1 Å². The number of amides is 1. The Morgan fingerprint density at radius 1 is 1.30 bits per heavy atom. The van der Waals surface area contributed by atoms with Gasteiger partial charge < -0.3 is 14.4 Å². The zero-order chi connectivity index (χ0) is 18.6. The third kappa shape index (κ3) is 2.15. The lowest BCUT2D eigenvalue weighted by molar-refractivity contribution is -0.122. The second-order valence-electron chi connectivity index (χ2n) is 7.20. The molecule has 0 saturated carbocycles. The molecule has 27 heavy (non-hydrogen) atoms. The number of anilines is 1. The van der Waals surface area contributed by atoms with Crippen molar-refractivity contribution in [3.63, 3.8) is 0 Å². The molecule has 1 saturated heterocycles. The third-order valence-electron chi connectivity index (χ3n) is 5.77. The van der Waals surface area contributed by atoms with Crippen LogP contribution in [-0.2, 0) is 14.9 Å². The summed E-state index contributed by atoms with van der Waals surface area (Å²) in [7, 11) is 0. The third-order valence-corrected chi connectivity index (χ3v) is 5.77. The highest BCUT2D eigenvalue weighted by Gasteiger charge is 2.57. The fourth-order valence-electron chi connectivity index (χ4n) is 4.46. The van der Waals surface area contributed by atoms with Crippen LogP contribution in [0.15, 0.2) is 36.4 Å². The Morgan fingerprint density at radius 2 is 2.15 bits per heavy atom. The standard InChI is InChI=1S/C21H17FN2O3/c22-17-9-19-16(8-13(17)10-23)21(12-27-19)15-5-1-2-6-18(15)24(20(21)25)11-14-4-3-7-26-14/h1-2,5-6,8-9,14H,3-4,7,11-12H2/t14-,21?/m1/s1. The van der Waals surface area contributed by atoms with Gasteiger partial charge in [0.2, 0.25) is 5.91 Å². The minimum atomic E-state index is -1.04. The lowest BCUT2D eigenvalue weighted by atomic mass is 9.76.